The third-order valence-electron chi connectivity index (χ3n) is 2.92. The third kappa shape index (κ3) is 5.87. The number of anilines is 2. The number of hydrogen-bond donors (Lipinski definition) is 2. The molecule has 1 aromatic rings. The molecular weight excluding hydrogens is 240 g/mol. The zero-order valence-corrected chi connectivity index (χ0v) is 12.3. The van der Waals surface area contributed by atoms with Crippen LogP contribution in [0.1, 0.15) is 38.4 Å². The molecule has 0 saturated heterocycles. The van der Waals surface area contributed by atoms with E-state index >= 15 is 0 Å². The van der Waals surface area contributed by atoms with Crippen LogP contribution in [0, 0.1) is 6.92 Å². The molecular formula is C14H26N4O. The summed E-state index contributed by atoms with van der Waals surface area (Å²) < 4.78 is 0. The van der Waals surface area contributed by atoms with E-state index in [0.29, 0.717) is 0 Å². The Hall–Kier alpha value is -1.36. The molecule has 0 unspecified atom stereocenters. The van der Waals surface area contributed by atoms with Gasteiger partial charge in [0.1, 0.15) is 17.5 Å². The van der Waals surface area contributed by atoms with Gasteiger partial charge in [-0.15, -0.1) is 0 Å². The van der Waals surface area contributed by atoms with Crippen LogP contribution in [0.25, 0.3) is 0 Å². The van der Waals surface area contributed by atoms with Gasteiger partial charge in [0.05, 0.1) is 0 Å². The molecule has 108 valence electrons. The van der Waals surface area contributed by atoms with Crippen molar-refractivity contribution in [2.45, 2.75) is 39.5 Å². The highest BCUT2D eigenvalue weighted by Crippen LogP contribution is 2.15. The Morgan fingerprint density at radius 2 is 2.05 bits per heavy atom. The van der Waals surface area contributed by atoms with E-state index in [4.69, 9.17) is 5.11 Å². The van der Waals surface area contributed by atoms with Gasteiger partial charge in [0.2, 0.25) is 0 Å². The Morgan fingerprint density at radius 1 is 1.26 bits per heavy atom. The number of nitrogens with zero attached hydrogens (tertiary/aromatic N) is 3. The molecule has 5 nitrogen and oxygen atoms in total. The highest BCUT2D eigenvalue weighted by atomic mass is 16.2. The van der Waals surface area contributed by atoms with Crippen molar-refractivity contribution in [2.24, 2.45) is 0 Å². The highest BCUT2D eigenvalue weighted by molar-refractivity contribution is 5.48. The average Bonchev–Trinajstić information content (AvgIpc) is 2.40. The summed E-state index contributed by atoms with van der Waals surface area (Å²) in [6, 6.07) is 1.99. The summed E-state index contributed by atoms with van der Waals surface area (Å²) in [6.07, 6.45) is 4.07. The second-order valence-corrected chi connectivity index (χ2v) is 4.79. The highest BCUT2D eigenvalue weighted by Gasteiger charge is 2.06. The monoisotopic (exact) mass is 266 g/mol. The molecule has 5 heteroatoms. The van der Waals surface area contributed by atoms with Crippen LogP contribution in [-0.2, 0) is 0 Å². The number of rotatable bonds is 9. The van der Waals surface area contributed by atoms with Gasteiger partial charge in [-0.1, -0.05) is 6.92 Å². The molecule has 19 heavy (non-hydrogen) atoms. The maximum atomic E-state index is 8.76. The van der Waals surface area contributed by atoms with Gasteiger partial charge in [-0.25, -0.2) is 9.97 Å². The van der Waals surface area contributed by atoms with Crippen molar-refractivity contribution in [1.29, 1.82) is 0 Å². The zero-order chi connectivity index (χ0) is 14.1. The largest absolute Gasteiger partial charge is 0.396 e. The van der Waals surface area contributed by atoms with Crippen LogP contribution in [0.3, 0.4) is 0 Å². The van der Waals surface area contributed by atoms with Crippen LogP contribution in [-0.4, -0.2) is 41.8 Å². The molecule has 0 aliphatic rings. The fraction of sp³-hybridized carbons (Fsp3) is 0.714. The minimum atomic E-state index is 0.279. The van der Waals surface area contributed by atoms with E-state index < -0.39 is 0 Å². The number of aliphatic hydroxyl groups excluding tert-OH is 1. The lowest BCUT2D eigenvalue weighted by atomic mass is 10.2. The molecule has 1 aromatic heterocycles. The molecule has 0 saturated carbocycles. The zero-order valence-electron chi connectivity index (χ0n) is 12.3. The Bertz CT molecular complexity index is 370. The Labute approximate surface area is 116 Å². The van der Waals surface area contributed by atoms with E-state index in [0.717, 1.165) is 56.2 Å². The smallest absolute Gasteiger partial charge is 0.134 e. The van der Waals surface area contributed by atoms with Crippen LogP contribution < -0.4 is 10.2 Å². The van der Waals surface area contributed by atoms with Gasteiger partial charge in [-0.3, -0.25) is 0 Å². The molecule has 1 rings (SSSR count). The average molecular weight is 266 g/mol. The van der Waals surface area contributed by atoms with Gasteiger partial charge in [-0.05, 0) is 32.6 Å². The van der Waals surface area contributed by atoms with Crippen molar-refractivity contribution >= 4 is 11.6 Å². The molecule has 0 fully saturated rings. The van der Waals surface area contributed by atoms with E-state index in [1.54, 1.807) is 0 Å². The van der Waals surface area contributed by atoms with E-state index in [-0.39, 0.29) is 6.61 Å². The van der Waals surface area contributed by atoms with E-state index in [1.807, 2.05) is 20.0 Å². The molecule has 0 aromatic carbocycles. The molecule has 0 aliphatic heterocycles. The maximum absolute atomic E-state index is 8.76. The van der Waals surface area contributed by atoms with Crippen LogP contribution >= 0.6 is 0 Å². The summed E-state index contributed by atoms with van der Waals surface area (Å²) in [4.78, 5) is 11.0. The van der Waals surface area contributed by atoms with Crippen molar-refractivity contribution < 1.29 is 5.11 Å². The topological polar surface area (TPSA) is 61.3 Å². The summed E-state index contributed by atoms with van der Waals surface area (Å²) in [6.45, 7) is 6.21. The third-order valence-corrected chi connectivity index (χ3v) is 2.92. The first kappa shape index (κ1) is 15.7. The summed E-state index contributed by atoms with van der Waals surface area (Å²) in [5.41, 5.74) is 0. The fourth-order valence-electron chi connectivity index (χ4n) is 1.84. The van der Waals surface area contributed by atoms with Crippen LogP contribution in [0.4, 0.5) is 11.6 Å². The standard InChI is InChI=1S/C14H26N4O/c1-4-8-15-13-11-14(17-12(2)16-13)18(3)9-6-5-7-10-19/h11,19H,4-10H2,1-3H3,(H,15,16,17). The first-order chi connectivity index (χ1) is 9.17. The van der Waals surface area contributed by atoms with Gasteiger partial charge in [-0.2, -0.15) is 0 Å². The molecule has 0 radical (unpaired) electrons. The summed E-state index contributed by atoms with van der Waals surface area (Å²) in [5, 5.41) is 12.1. The van der Waals surface area contributed by atoms with Crippen molar-refractivity contribution in [3.05, 3.63) is 11.9 Å². The number of aryl methyl sites for hydroxylation is 1. The molecule has 2 N–H and O–H groups in total. The Morgan fingerprint density at radius 3 is 2.74 bits per heavy atom. The second kappa shape index (κ2) is 8.69. The predicted octanol–water partition coefficient (Wildman–Crippen LogP) is 2.21. The lowest BCUT2D eigenvalue weighted by molar-refractivity contribution is 0.283. The lowest BCUT2D eigenvalue weighted by Gasteiger charge is -2.19. The minimum absolute atomic E-state index is 0.279. The number of unbranched alkanes of at least 4 members (excludes halogenated alkanes) is 2. The number of aliphatic hydroxyl groups is 1. The van der Waals surface area contributed by atoms with Crippen molar-refractivity contribution in [1.82, 2.24) is 9.97 Å². The minimum Gasteiger partial charge on any atom is -0.396 e. The molecule has 0 atom stereocenters. The number of nitrogens with one attached hydrogen (secondary N) is 1. The Balaban J connectivity index is 2.57. The van der Waals surface area contributed by atoms with Gasteiger partial charge >= 0.3 is 0 Å². The first-order valence-corrected chi connectivity index (χ1v) is 7.09. The first-order valence-electron chi connectivity index (χ1n) is 7.09. The molecule has 0 amide bonds. The SMILES string of the molecule is CCCNc1cc(N(C)CCCCCO)nc(C)n1. The van der Waals surface area contributed by atoms with E-state index in [1.165, 1.54) is 0 Å². The lowest BCUT2D eigenvalue weighted by Crippen LogP contribution is -2.20. The molecule has 1 heterocycles. The molecule has 0 spiro atoms. The quantitative estimate of drug-likeness (QED) is 0.671. The Kier molecular flexibility index (Phi) is 7.18. The normalized spacial score (nSPS) is 10.5. The van der Waals surface area contributed by atoms with Gasteiger partial charge < -0.3 is 15.3 Å². The summed E-state index contributed by atoms with van der Waals surface area (Å²) in [7, 11) is 2.05. The van der Waals surface area contributed by atoms with Crippen molar-refractivity contribution in [3.8, 4) is 0 Å². The summed E-state index contributed by atoms with van der Waals surface area (Å²) in [5.74, 6) is 2.64. The predicted molar refractivity (Wildman–Crippen MR) is 79.8 cm³/mol. The molecule has 0 aliphatic carbocycles. The fourth-order valence-corrected chi connectivity index (χ4v) is 1.84. The van der Waals surface area contributed by atoms with Gasteiger partial charge in [0, 0.05) is 32.8 Å². The van der Waals surface area contributed by atoms with Gasteiger partial charge in [0.15, 0.2) is 0 Å². The number of aromatic nitrogens is 2. The van der Waals surface area contributed by atoms with Crippen molar-refractivity contribution in [2.75, 3.05) is 37.0 Å². The van der Waals surface area contributed by atoms with E-state index in [9.17, 15) is 0 Å². The van der Waals surface area contributed by atoms with Crippen molar-refractivity contribution in [3.63, 3.8) is 0 Å². The number of hydrogen-bond acceptors (Lipinski definition) is 5. The second-order valence-electron chi connectivity index (χ2n) is 4.79. The van der Waals surface area contributed by atoms with Gasteiger partial charge in [0.25, 0.3) is 0 Å². The maximum Gasteiger partial charge on any atom is 0.134 e. The van der Waals surface area contributed by atoms with Crippen LogP contribution in [0.5, 0.6) is 0 Å². The van der Waals surface area contributed by atoms with Crippen LogP contribution in [0.2, 0.25) is 0 Å². The van der Waals surface area contributed by atoms with E-state index in [2.05, 4.69) is 27.1 Å². The molecule has 0 bridgehead atoms. The van der Waals surface area contributed by atoms with Crippen LogP contribution in [0.15, 0.2) is 6.07 Å². The summed E-state index contributed by atoms with van der Waals surface area (Å²) >= 11 is 0.